The van der Waals surface area contributed by atoms with Crippen molar-refractivity contribution in [3.63, 3.8) is 0 Å². The lowest BCUT2D eigenvalue weighted by Crippen LogP contribution is -2.20. The summed E-state index contributed by atoms with van der Waals surface area (Å²) in [4.78, 5) is 0. The highest BCUT2D eigenvalue weighted by atomic mass is 79.9. The van der Waals surface area contributed by atoms with E-state index < -0.39 is 0 Å². The van der Waals surface area contributed by atoms with Gasteiger partial charge < -0.3 is 10.1 Å². The number of benzene rings is 1. The molecule has 80 valence electrons. The second-order valence-corrected chi connectivity index (χ2v) is 3.81. The van der Waals surface area contributed by atoms with Gasteiger partial charge >= 0.3 is 0 Å². The molecule has 0 saturated heterocycles. The Bertz CT molecular complexity index is 360. The van der Waals surface area contributed by atoms with Crippen LogP contribution >= 0.6 is 15.9 Å². The first-order valence-corrected chi connectivity index (χ1v) is 5.60. The molecule has 1 N–H and O–H groups in total. The maximum Gasteiger partial charge on any atom is 0.120 e. The van der Waals surface area contributed by atoms with E-state index in [2.05, 4.69) is 34.2 Å². The van der Waals surface area contributed by atoms with Crippen molar-refractivity contribution in [1.82, 2.24) is 5.32 Å². The van der Waals surface area contributed by atoms with Gasteiger partial charge in [-0.15, -0.1) is 0 Å². The van der Waals surface area contributed by atoms with Gasteiger partial charge in [0.15, 0.2) is 0 Å². The van der Waals surface area contributed by atoms with E-state index in [1.165, 1.54) is 0 Å². The van der Waals surface area contributed by atoms with E-state index in [1.807, 2.05) is 6.07 Å². The normalized spacial score (nSPS) is 9.67. The summed E-state index contributed by atoms with van der Waals surface area (Å²) in [6, 6.07) is 7.44. The van der Waals surface area contributed by atoms with Gasteiger partial charge in [0.25, 0.3) is 0 Å². The molecule has 0 amide bonds. The van der Waals surface area contributed by atoms with Crippen molar-refractivity contribution in [2.75, 3.05) is 19.7 Å². The van der Waals surface area contributed by atoms with E-state index >= 15 is 0 Å². The molecule has 0 aliphatic heterocycles. The summed E-state index contributed by atoms with van der Waals surface area (Å²) >= 11 is 3.31. The van der Waals surface area contributed by atoms with Gasteiger partial charge in [0, 0.05) is 11.0 Å². The smallest absolute Gasteiger partial charge is 0.120 e. The molecular weight excluding hydrogens is 256 g/mol. The van der Waals surface area contributed by atoms with Gasteiger partial charge in [0.1, 0.15) is 18.4 Å². The highest BCUT2D eigenvalue weighted by Crippen LogP contribution is 2.22. The first-order chi connectivity index (χ1) is 7.27. The number of rotatable bonds is 5. The van der Waals surface area contributed by atoms with Gasteiger partial charge in [0.2, 0.25) is 0 Å². The van der Waals surface area contributed by atoms with E-state index in [-0.39, 0.29) is 0 Å². The van der Waals surface area contributed by atoms with Gasteiger partial charge in [-0.25, -0.2) is 0 Å². The third kappa shape index (κ3) is 3.90. The number of likely N-dealkylation sites (N-methyl/N-ethyl adjacent to an activating group) is 1. The van der Waals surface area contributed by atoms with Crippen molar-refractivity contribution >= 4 is 15.9 Å². The monoisotopic (exact) mass is 268 g/mol. The molecule has 0 heterocycles. The van der Waals surface area contributed by atoms with Crippen LogP contribution in [0.3, 0.4) is 0 Å². The Kier molecular flexibility index (Phi) is 5.16. The number of ether oxygens (including phenoxy) is 1. The fourth-order valence-corrected chi connectivity index (χ4v) is 1.54. The van der Waals surface area contributed by atoms with Crippen molar-refractivity contribution in [3.05, 3.63) is 28.2 Å². The SMILES string of the molecule is CCNCCOc1ccc(C#N)c(Br)c1. The van der Waals surface area contributed by atoms with Gasteiger partial charge in [-0.2, -0.15) is 5.26 Å². The first kappa shape index (κ1) is 12.0. The molecule has 0 bridgehead atoms. The standard InChI is InChI=1S/C11H13BrN2O/c1-2-14-5-6-15-10-4-3-9(8-13)11(12)7-10/h3-4,7,14H,2,5-6H2,1H3. The number of halogens is 1. The predicted octanol–water partition coefficient (Wildman–Crippen LogP) is 2.31. The van der Waals surface area contributed by atoms with E-state index in [0.29, 0.717) is 12.2 Å². The zero-order valence-corrected chi connectivity index (χ0v) is 10.2. The molecule has 1 aromatic rings. The van der Waals surface area contributed by atoms with Crippen LogP contribution in [0.2, 0.25) is 0 Å². The molecule has 15 heavy (non-hydrogen) atoms. The Morgan fingerprint density at radius 2 is 2.33 bits per heavy atom. The summed E-state index contributed by atoms with van der Waals surface area (Å²) in [5.41, 5.74) is 0.619. The molecule has 3 nitrogen and oxygen atoms in total. The van der Waals surface area contributed by atoms with Crippen molar-refractivity contribution < 1.29 is 4.74 Å². The second kappa shape index (κ2) is 6.44. The van der Waals surface area contributed by atoms with Gasteiger partial charge in [-0.1, -0.05) is 6.92 Å². The van der Waals surface area contributed by atoms with E-state index in [0.717, 1.165) is 23.3 Å². The number of hydrogen-bond donors (Lipinski definition) is 1. The molecule has 1 rings (SSSR count). The van der Waals surface area contributed by atoms with Crippen molar-refractivity contribution in [2.45, 2.75) is 6.92 Å². The minimum absolute atomic E-state index is 0.619. The van der Waals surface area contributed by atoms with Gasteiger partial charge in [-0.05, 0) is 40.7 Å². The van der Waals surface area contributed by atoms with Gasteiger partial charge in [-0.3, -0.25) is 0 Å². The van der Waals surface area contributed by atoms with Crippen molar-refractivity contribution in [2.24, 2.45) is 0 Å². The quantitative estimate of drug-likeness (QED) is 0.834. The molecule has 0 fully saturated rings. The molecular formula is C11H13BrN2O. The largest absolute Gasteiger partial charge is 0.492 e. The Hall–Kier alpha value is -1.05. The summed E-state index contributed by atoms with van der Waals surface area (Å²) in [5.74, 6) is 0.777. The minimum Gasteiger partial charge on any atom is -0.492 e. The van der Waals surface area contributed by atoms with Crippen LogP contribution in [0.25, 0.3) is 0 Å². The van der Waals surface area contributed by atoms with Crippen LogP contribution in [-0.2, 0) is 0 Å². The Labute approximate surface area is 98.2 Å². The van der Waals surface area contributed by atoms with Crippen LogP contribution in [0, 0.1) is 11.3 Å². The van der Waals surface area contributed by atoms with Crippen LogP contribution in [0.1, 0.15) is 12.5 Å². The Balaban J connectivity index is 2.49. The second-order valence-electron chi connectivity index (χ2n) is 2.96. The first-order valence-electron chi connectivity index (χ1n) is 4.81. The molecule has 0 aliphatic rings. The van der Waals surface area contributed by atoms with Crippen LogP contribution in [0.15, 0.2) is 22.7 Å². The number of nitrogens with one attached hydrogen (secondary N) is 1. The molecule has 1 aromatic carbocycles. The zero-order valence-electron chi connectivity index (χ0n) is 8.59. The predicted molar refractivity (Wildman–Crippen MR) is 62.9 cm³/mol. The average molecular weight is 269 g/mol. The highest BCUT2D eigenvalue weighted by Gasteiger charge is 2.00. The fraction of sp³-hybridized carbons (Fsp3) is 0.364. The van der Waals surface area contributed by atoms with E-state index in [4.69, 9.17) is 10.00 Å². The summed E-state index contributed by atoms with van der Waals surface area (Å²) in [6.45, 7) is 4.46. The molecule has 0 radical (unpaired) electrons. The lowest BCUT2D eigenvalue weighted by molar-refractivity contribution is 0.315. The van der Waals surface area contributed by atoms with Crippen LogP contribution in [0.5, 0.6) is 5.75 Å². The summed E-state index contributed by atoms with van der Waals surface area (Å²) in [5, 5.41) is 11.9. The Morgan fingerprint density at radius 1 is 1.53 bits per heavy atom. The van der Waals surface area contributed by atoms with E-state index in [1.54, 1.807) is 12.1 Å². The maximum absolute atomic E-state index is 8.72. The number of nitrogens with zero attached hydrogens (tertiary/aromatic N) is 1. The van der Waals surface area contributed by atoms with Crippen LogP contribution in [-0.4, -0.2) is 19.7 Å². The lowest BCUT2D eigenvalue weighted by atomic mass is 10.2. The lowest BCUT2D eigenvalue weighted by Gasteiger charge is -2.07. The van der Waals surface area contributed by atoms with Gasteiger partial charge in [0.05, 0.1) is 5.56 Å². The summed E-state index contributed by atoms with van der Waals surface area (Å²) in [7, 11) is 0. The fourth-order valence-electron chi connectivity index (χ4n) is 1.09. The molecule has 4 heteroatoms. The van der Waals surface area contributed by atoms with E-state index in [9.17, 15) is 0 Å². The molecule has 0 saturated carbocycles. The third-order valence-electron chi connectivity index (χ3n) is 1.86. The summed E-state index contributed by atoms with van der Waals surface area (Å²) in [6.07, 6.45) is 0. The average Bonchev–Trinajstić information content (AvgIpc) is 2.25. The van der Waals surface area contributed by atoms with Crippen molar-refractivity contribution in [1.29, 1.82) is 5.26 Å². The number of hydrogen-bond acceptors (Lipinski definition) is 3. The molecule has 0 aromatic heterocycles. The van der Waals surface area contributed by atoms with Crippen molar-refractivity contribution in [3.8, 4) is 11.8 Å². The van der Waals surface area contributed by atoms with Crippen LogP contribution < -0.4 is 10.1 Å². The molecule has 0 spiro atoms. The van der Waals surface area contributed by atoms with Crippen LogP contribution in [0.4, 0.5) is 0 Å². The molecule has 0 aliphatic carbocycles. The topological polar surface area (TPSA) is 45.0 Å². The third-order valence-corrected chi connectivity index (χ3v) is 2.51. The molecule has 0 atom stereocenters. The maximum atomic E-state index is 8.72. The Morgan fingerprint density at radius 3 is 2.93 bits per heavy atom. The number of nitriles is 1. The zero-order chi connectivity index (χ0) is 11.1. The summed E-state index contributed by atoms with van der Waals surface area (Å²) < 4.78 is 6.26. The molecule has 0 unspecified atom stereocenters. The highest BCUT2D eigenvalue weighted by molar-refractivity contribution is 9.10. The minimum atomic E-state index is 0.619.